The molecule has 1 aromatic carbocycles. The van der Waals surface area contributed by atoms with Crippen LogP contribution >= 0.6 is 11.6 Å². The highest BCUT2D eigenvalue weighted by atomic mass is 35.5. The van der Waals surface area contributed by atoms with Crippen molar-refractivity contribution in [3.8, 4) is 5.75 Å². The summed E-state index contributed by atoms with van der Waals surface area (Å²) in [4.78, 5) is 11.9. The number of halogens is 1. The second-order valence-electron chi connectivity index (χ2n) is 5.58. The third-order valence-corrected chi connectivity index (χ3v) is 4.22. The number of carbonyl (C=O) groups excluding carboxylic acids is 1. The maximum absolute atomic E-state index is 11.9. The first-order valence-corrected chi connectivity index (χ1v) is 7.82. The Bertz CT molecular complexity index is 472. The number of amides is 1. The van der Waals surface area contributed by atoms with Gasteiger partial charge in [0.1, 0.15) is 5.75 Å². The number of ether oxygens (including phenoxy) is 1. The zero-order chi connectivity index (χ0) is 15.1. The van der Waals surface area contributed by atoms with E-state index in [1.807, 2.05) is 18.2 Å². The van der Waals surface area contributed by atoms with Gasteiger partial charge in [0, 0.05) is 6.42 Å². The Balaban J connectivity index is 1.69. The number of rotatable bonds is 7. The third-order valence-electron chi connectivity index (χ3n) is 3.91. The van der Waals surface area contributed by atoms with Crippen molar-refractivity contribution in [3.63, 3.8) is 0 Å². The molecule has 1 aliphatic rings. The second-order valence-corrected chi connectivity index (χ2v) is 5.98. The quantitative estimate of drug-likeness (QED) is 0.761. The predicted octanol–water partition coefficient (Wildman–Crippen LogP) is 2.92. The van der Waals surface area contributed by atoms with Crippen molar-refractivity contribution in [2.45, 2.75) is 44.1 Å². The van der Waals surface area contributed by atoms with E-state index in [-0.39, 0.29) is 18.1 Å². The molecule has 0 aliphatic heterocycles. The average molecular weight is 312 g/mol. The lowest BCUT2D eigenvalue weighted by atomic mass is 9.98. The van der Waals surface area contributed by atoms with E-state index < -0.39 is 0 Å². The molecular weight excluding hydrogens is 290 g/mol. The molecule has 0 radical (unpaired) electrons. The van der Waals surface area contributed by atoms with E-state index in [9.17, 15) is 9.90 Å². The first-order chi connectivity index (χ1) is 10.2. The van der Waals surface area contributed by atoms with Crippen LogP contribution in [0.25, 0.3) is 0 Å². The van der Waals surface area contributed by atoms with E-state index in [4.69, 9.17) is 16.3 Å². The van der Waals surface area contributed by atoms with Gasteiger partial charge in [0.25, 0.3) is 0 Å². The minimum atomic E-state index is -0.388. The minimum Gasteiger partial charge on any atom is -0.492 e. The molecule has 0 unspecified atom stereocenters. The number of benzene rings is 1. The van der Waals surface area contributed by atoms with Crippen LogP contribution in [-0.4, -0.2) is 29.8 Å². The maximum Gasteiger partial charge on any atom is 0.220 e. The third kappa shape index (κ3) is 4.61. The number of aliphatic hydroxyl groups is 1. The summed E-state index contributed by atoms with van der Waals surface area (Å²) in [5, 5.41) is 13.0. The van der Waals surface area contributed by atoms with Gasteiger partial charge in [-0.05, 0) is 31.4 Å². The largest absolute Gasteiger partial charge is 0.492 e. The molecule has 116 valence electrons. The molecule has 0 heterocycles. The van der Waals surface area contributed by atoms with Gasteiger partial charge in [-0.15, -0.1) is 0 Å². The van der Waals surface area contributed by atoms with E-state index >= 15 is 0 Å². The van der Waals surface area contributed by atoms with Crippen LogP contribution in [0, 0.1) is 0 Å². The van der Waals surface area contributed by atoms with Gasteiger partial charge in [0.15, 0.2) is 0 Å². The van der Waals surface area contributed by atoms with Crippen molar-refractivity contribution in [3.05, 3.63) is 29.3 Å². The highest BCUT2D eigenvalue weighted by Crippen LogP contribution is 2.29. The fourth-order valence-electron chi connectivity index (χ4n) is 2.71. The van der Waals surface area contributed by atoms with Gasteiger partial charge in [0.2, 0.25) is 5.91 Å². The van der Waals surface area contributed by atoms with Gasteiger partial charge in [-0.1, -0.05) is 36.6 Å². The van der Waals surface area contributed by atoms with Crippen molar-refractivity contribution >= 4 is 17.5 Å². The Morgan fingerprint density at radius 1 is 1.33 bits per heavy atom. The highest BCUT2D eigenvalue weighted by molar-refractivity contribution is 6.32. The van der Waals surface area contributed by atoms with E-state index in [1.54, 1.807) is 6.07 Å². The summed E-state index contributed by atoms with van der Waals surface area (Å²) < 4.78 is 5.55. The van der Waals surface area contributed by atoms with Crippen LogP contribution in [-0.2, 0) is 4.79 Å². The number of para-hydroxylation sites is 1. The number of nitrogens with one attached hydrogen (secondary N) is 1. The summed E-state index contributed by atoms with van der Waals surface area (Å²) in [5.41, 5.74) is -0.388. The van der Waals surface area contributed by atoms with E-state index in [0.717, 1.165) is 25.7 Å². The van der Waals surface area contributed by atoms with Gasteiger partial charge >= 0.3 is 0 Å². The molecule has 0 bridgehead atoms. The Kier molecular flexibility index (Phi) is 5.88. The molecule has 5 heteroatoms. The van der Waals surface area contributed by atoms with Crippen LogP contribution in [0.4, 0.5) is 0 Å². The molecule has 4 nitrogen and oxygen atoms in total. The van der Waals surface area contributed by atoms with Crippen molar-refractivity contribution in [1.82, 2.24) is 5.32 Å². The summed E-state index contributed by atoms with van der Waals surface area (Å²) in [6, 6.07) is 7.29. The van der Waals surface area contributed by atoms with Crippen LogP contribution in [0.2, 0.25) is 5.02 Å². The van der Waals surface area contributed by atoms with Gasteiger partial charge in [-0.3, -0.25) is 4.79 Å². The highest BCUT2D eigenvalue weighted by Gasteiger charge is 2.34. The number of hydrogen-bond donors (Lipinski definition) is 2. The Morgan fingerprint density at radius 3 is 2.71 bits per heavy atom. The average Bonchev–Trinajstić information content (AvgIpc) is 2.94. The maximum atomic E-state index is 11.9. The SMILES string of the molecule is O=C(CCCOc1ccccc1Cl)NC1(CO)CCCC1. The lowest BCUT2D eigenvalue weighted by Crippen LogP contribution is -2.49. The van der Waals surface area contributed by atoms with Crippen LogP contribution in [0.5, 0.6) is 5.75 Å². The van der Waals surface area contributed by atoms with Crippen molar-refractivity contribution in [2.75, 3.05) is 13.2 Å². The molecule has 1 saturated carbocycles. The standard InChI is InChI=1S/C16H22ClNO3/c17-13-6-1-2-7-14(13)21-11-5-8-15(20)18-16(12-19)9-3-4-10-16/h1-2,6-7,19H,3-5,8-12H2,(H,18,20). The van der Waals surface area contributed by atoms with E-state index in [0.29, 0.717) is 30.2 Å². The summed E-state index contributed by atoms with van der Waals surface area (Å²) in [6.45, 7) is 0.470. The van der Waals surface area contributed by atoms with Crippen LogP contribution < -0.4 is 10.1 Å². The van der Waals surface area contributed by atoms with Gasteiger partial charge in [0.05, 0.1) is 23.8 Å². The van der Waals surface area contributed by atoms with Crippen LogP contribution in [0.3, 0.4) is 0 Å². The molecule has 1 amide bonds. The molecule has 1 fully saturated rings. The summed E-state index contributed by atoms with van der Waals surface area (Å²) in [6.07, 6.45) is 4.88. The zero-order valence-corrected chi connectivity index (χ0v) is 12.9. The molecule has 2 N–H and O–H groups in total. The molecule has 0 aromatic heterocycles. The van der Waals surface area contributed by atoms with E-state index in [2.05, 4.69) is 5.32 Å². The summed E-state index contributed by atoms with van der Waals surface area (Å²) in [7, 11) is 0. The topological polar surface area (TPSA) is 58.6 Å². The fourth-order valence-corrected chi connectivity index (χ4v) is 2.90. The molecule has 2 rings (SSSR count). The molecule has 1 aromatic rings. The van der Waals surface area contributed by atoms with E-state index in [1.165, 1.54) is 0 Å². The number of aliphatic hydroxyl groups excluding tert-OH is 1. The Labute approximate surface area is 130 Å². The summed E-state index contributed by atoms with van der Waals surface area (Å²) >= 11 is 5.98. The number of carbonyl (C=O) groups is 1. The van der Waals surface area contributed by atoms with Crippen molar-refractivity contribution in [1.29, 1.82) is 0 Å². The zero-order valence-electron chi connectivity index (χ0n) is 12.1. The molecular formula is C16H22ClNO3. The fraction of sp³-hybridized carbons (Fsp3) is 0.562. The van der Waals surface area contributed by atoms with Gasteiger partial charge < -0.3 is 15.2 Å². The first kappa shape index (κ1) is 16.1. The second kappa shape index (κ2) is 7.66. The smallest absolute Gasteiger partial charge is 0.220 e. The van der Waals surface area contributed by atoms with Crippen molar-refractivity contribution < 1.29 is 14.6 Å². The van der Waals surface area contributed by atoms with Crippen LogP contribution in [0.1, 0.15) is 38.5 Å². The van der Waals surface area contributed by atoms with Crippen LogP contribution in [0.15, 0.2) is 24.3 Å². The lowest BCUT2D eigenvalue weighted by molar-refractivity contribution is -0.123. The molecule has 0 spiro atoms. The lowest BCUT2D eigenvalue weighted by Gasteiger charge is -2.28. The molecule has 0 atom stereocenters. The number of hydrogen-bond acceptors (Lipinski definition) is 3. The Morgan fingerprint density at radius 2 is 2.05 bits per heavy atom. The molecule has 0 saturated heterocycles. The summed E-state index contributed by atoms with van der Waals surface area (Å²) in [5.74, 6) is 0.621. The first-order valence-electron chi connectivity index (χ1n) is 7.44. The monoisotopic (exact) mass is 311 g/mol. The van der Waals surface area contributed by atoms with Crippen molar-refractivity contribution in [2.24, 2.45) is 0 Å². The minimum absolute atomic E-state index is 0.0197. The van der Waals surface area contributed by atoms with Gasteiger partial charge in [-0.2, -0.15) is 0 Å². The van der Waals surface area contributed by atoms with Gasteiger partial charge in [-0.25, -0.2) is 0 Å². The molecule has 21 heavy (non-hydrogen) atoms. The Hall–Kier alpha value is -1.26. The normalized spacial score (nSPS) is 16.7. The predicted molar refractivity (Wildman–Crippen MR) is 82.6 cm³/mol. The molecule has 1 aliphatic carbocycles.